The first-order valence-corrected chi connectivity index (χ1v) is 9.37. The van der Waals surface area contributed by atoms with Crippen molar-refractivity contribution in [1.29, 1.82) is 0 Å². The van der Waals surface area contributed by atoms with Crippen molar-refractivity contribution >= 4 is 17.1 Å². The van der Waals surface area contributed by atoms with Gasteiger partial charge in [0.05, 0.1) is 11.0 Å². The third kappa shape index (κ3) is 3.95. The van der Waals surface area contributed by atoms with Crippen LogP contribution in [0, 0.1) is 12.8 Å². The van der Waals surface area contributed by atoms with Crippen molar-refractivity contribution in [1.82, 2.24) is 25.1 Å². The number of amides is 2. The van der Waals surface area contributed by atoms with Crippen LogP contribution in [-0.2, 0) is 6.54 Å². The van der Waals surface area contributed by atoms with Crippen molar-refractivity contribution in [3.05, 3.63) is 30.1 Å². The molecule has 2 fully saturated rings. The van der Waals surface area contributed by atoms with Crippen molar-refractivity contribution in [3.8, 4) is 0 Å². The Morgan fingerprint density at radius 2 is 2.12 bits per heavy atom. The molecule has 6 heteroatoms. The number of benzene rings is 1. The third-order valence-electron chi connectivity index (χ3n) is 5.29. The SMILES string of the molecule is Cc1nc2ccccc2n1CCNC(=O)N[C@H]1CCN(CC2CC2)C1. The first-order valence-electron chi connectivity index (χ1n) is 9.37. The summed E-state index contributed by atoms with van der Waals surface area (Å²) in [7, 11) is 0. The van der Waals surface area contributed by atoms with E-state index in [0.717, 1.165) is 48.8 Å². The maximum atomic E-state index is 12.2. The summed E-state index contributed by atoms with van der Waals surface area (Å²) in [6.45, 7) is 6.67. The molecular formula is C19H27N5O. The number of nitrogens with one attached hydrogen (secondary N) is 2. The van der Waals surface area contributed by atoms with Crippen LogP contribution in [0.2, 0.25) is 0 Å². The van der Waals surface area contributed by atoms with Gasteiger partial charge in [-0.3, -0.25) is 0 Å². The number of aromatic nitrogens is 2. The van der Waals surface area contributed by atoms with Crippen molar-refractivity contribution < 1.29 is 4.79 Å². The zero-order valence-corrected chi connectivity index (χ0v) is 14.9. The molecule has 1 saturated carbocycles. The number of imidazole rings is 1. The molecule has 2 aliphatic rings. The van der Waals surface area contributed by atoms with Gasteiger partial charge in [0, 0.05) is 38.8 Å². The number of carbonyl (C=O) groups excluding carboxylic acids is 1. The zero-order valence-electron chi connectivity index (χ0n) is 14.9. The number of likely N-dealkylation sites (tertiary alicyclic amines) is 1. The summed E-state index contributed by atoms with van der Waals surface area (Å²) >= 11 is 0. The van der Waals surface area contributed by atoms with Gasteiger partial charge in [0.15, 0.2) is 0 Å². The lowest BCUT2D eigenvalue weighted by molar-refractivity contribution is 0.235. The van der Waals surface area contributed by atoms with Gasteiger partial charge in [0.1, 0.15) is 5.82 Å². The number of fused-ring (bicyclic) bond motifs is 1. The van der Waals surface area contributed by atoms with E-state index in [-0.39, 0.29) is 12.1 Å². The molecule has 1 saturated heterocycles. The Morgan fingerprint density at radius 3 is 2.96 bits per heavy atom. The summed E-state index contributed by atoms with van der Waals surface area (Å²) in [5, 5.41) is 6.11. The minimum Gasteiger partial charge on any atom is -0.336 e. The van der Waals surface area contributed by atoms with Crippen molar-refractivity contribution in [2.75, 3.05) is 26.2 Å². The molecule has 1 aliphatic heterocycles. The normalized spacial score (nSPS) is 20.9. The highest BCUT2D eigenvalue weighted by Gasteiger charge is 2.29. The van der Waals surface area contributed by atoms with E-state index in [4.69, 9.17) is 0 Å². The minimum atomic E-state index is -0.0552. The molecule has 4 rings (SSSR count). The molecule has 134 valence electrons. The van der Waals surface area contributed by atoms with E-state index in [1.54, 1.807) is 0 Å². The number of hydrogen-bond donors (Lipinski definition) is 2. The van der Waals surface area contributed by atoms with E-state index < -0.39 is 0 Å². The van der Waals surface area contributed by atoms with E-state index in [1.165, 1.54) is 19.4 Å². The summed E-state index contributed by atoms with van der Waals surface area (Å²) in [5.74, 6) is 1.90. The van der Waals surface area contributed by atoms with E-state index >= 15 is 0 Å². The van der Waals surface area contributed by atoms with E-state index in [2.05, 4.69) is 31.2 Å². The lowest BCUT2D eigenvalue weighted by Crippen LogP contribution is -2.44. The second-order valence-corrected chi connectivity index (χ2v) is 7.39. The maximum absolute atomic E-state index is 12.2. The fourth-order valence-corrected chi connectivity index (χ4v) is 3.78. The van der Waals surface area contributed by atoms with E-state index in [1.807, 2.05) is 25.1 Å². The monoisotopic (exact) mass is 341 g/mol. The summed E-state index contributed by atoms with van der Waals surface area (Å²) in [5.41, 5.74) is 2.12. The van der Waals surface area contributed by atoms with Crippen LogP contribution in [-0.4, -0.2) is 52.7 Å². The zero-order chi connectivity index (χ0) is 17.2. The fourth-order valence-electron chi connectivity index (χ4n) is 3.78. The molecule has 2 aromatic rings. The van der Waals surface area contributed by atoms with E-state index in [9.17, 15) is 4.79 Å². The quantitative estimate of drug-likeness (QED) is 0.846. The van der Waals surface area contributed by atoms with Gasteiger partial charge in [-0.15, -0.1) is 0 Å². The molecule has 2 N–H and O–H groups in total. The van der Waals surface area contributed by atoms with Crippen LogP contribution in [0.15, 0.2) is 24.3 Å². The predicted molar refractivity (Wildman–Crippen MR) is 98.6 cm³/mol. The average Bonchev–Trinajstić information content (AvgIpc) is 3.21. The molecule has 1 atom stereocenters. The Hall–Kier alpha value is -2.08. The minimum absolute atomic E-state index is 0.0552. The van der Waals surface area contributed by atoms with Crippen LogP contribution in [0.5, 0.6) is 0 Å². The molecule has 1 aliphatic carbocycles. The molecule has 1 aromatic carbocycles. The highest BCUT2D eigenvalue weighted by Crippen LogP contribution is 2.30. The lowest BCUT2D eigenvalue weighted by atomic mass is 10.3. The highest BCUT2D eigenvalue weighted by atomic mass is 16.2. The predicted octanol–water partition coefficient (Wildman–Crippen LogP) is 2.13. The molecular weight excluding hydrogens is 314 g/mol. The average molecular weight is 341 g/mol. The molecule has 0 radical (unpaired) electrons. The Balaban J connectivity index is 1.23. The van der Waals surface area contributed by atoms with Gasteiger partial charge in [-0.25, -0.2) is 9.78 Å². The summed E-state index contributed by atoms with van der Waals surface area (Å²) in [6.07, 6.45) is 3.83. The Bertz CT molecular complexity index is 751. The van der Waals surface area contributed by atoms with Gasteiger partial charge in [0.2, 0.25) is 0 Å². The number of hydrogen-bond acceptors (Lipinski definition) is 3. The smallest absolute Gasteiger partial charge is 0.315 e. The molecule has 0 bridgehead atoms. The Labute approximate surface area is 148 Å². The number of nitrogens with zero attached hydrogens (tertiary/aromatic N) is 3. The van der Waals surface area contributed by atoms with Gasteiger partial charge >= 0.3 is 6.03 Å². The number of carbonyl (C=O) groups is 1. The fraction of sp³-hybridized carbons (Fsp3) is 0.579. The number of aryl methyl sites for hydroxylation is 1. The second kappa shape index (κ2) is 7.04. The van der Waals surface area contributed by atoms with Crippen LogP contribution in [0.3, 0.4) is 0 Å². The van der Waals surface area contributed by atoms with Crippen molar-refractivity contribution in [2.45, 2.75) is 38.8 Å². The number of urea groups is 1. The van der Waals surface area contributed by atoms with Crippen LogP contribution >= 0.6 is 0 Å². The molecule has 0 unspecified atom stereocenters. The topological polar surface area (TPSA) is 62.2 Å². The third-order valence-corrected chi connectivity index (χ3v) is 5.29. The second-order valence-electron chi connectivity index (χ2n) is 7.39. The van der Waals surface area contributed by atoms with Crippen LogP contribution < -0.4 is 10.6 Å². The first-order chi connectivity index (χ1) is 12.2. The maximum Gasteiger partial charge on any atom is 0.315 e. The largest absolute Gasteiger partial charge is 0.336 e. The number of rotatable bonds is 6. The van der Waals surface area contributed by atoms with Gasteiger partial charge < -0.3 is 20.1 Å². The standard InChI is InChI=1S/C19H27N5O/c1-14-21-17-4-2-3-5-18(17)24(14)11-9-20-19(25)22-16-8-10-23(13-16)12-15-6-7-15/h2-5,15-16H,6-13H2,1H3,(H2,20,22,25)/t16-/m0/s1. The lowest BCUT2D eigenvalue weighted by Gasteiger charge is -2.16. The molecule has 25 heavy (non-hydrogen) atoms. The van der Waals surface area contributed by atoms with Gasteiger partial charge in [-0.05, 0) is 44.2 Å². The van der Waals surface area contributed by atoms with Crippen LogP contribution in [0.25, 0.3) is 11.0 Å². The molecule has 2 heterocycles. The summed E-state index contributed by atoms with van der Waals surface area (Å²) < 4.78 is 2.16. The molecule has 6 nitrogen and oxygen atoms in total. The summed E-state index contributed by atoms with van der Waals surface area (Å²) in [6, 6.07) is 8.34. The molecule has 2 amide bonds. The van der Waals surface area contributed by atoms with Gasteiger partial charge in [-0.2, -0.15) is 0 Å². The summed E-state index contributed by atoms with van der Waals surface area (Å²) in [4.78, 5) is 19.2. The number of para-hydroxylation sites is 2. The molecule has 1 aromatic heterocycles. The van der Waals surface area contributed by atoms with E-state index in [0.29, 0.717) is 6.54 Å². The first kappa shape index (κ1) is 16.4. The van der Waals surface area contributed by atoms with Gasteiger partial charge in [0.25, 0.3) is 0 Å². The van der Waals surface area contributed by atoms with Crippen LogP contribution in [0.1, 0.15) is 25.1 Å². The Morgan fingerprint density at radius 1 is 1.28 bits per heavy atom. The Kier molecular flexibility index (Phi) is 4.61. The van der Waals surface area contributed by atoms with Crippen molar-refractivity contribution in [2.24, 2.45) is 5.92 Å². The van der Waals surface area contributed by atoms with Gasteiger partial charge in [-0.1, -0.05) is 12.1 Å². The van der Waals surface area contributed by atoms with Crippen molar-refractivity contribution in [3.63, 3.8) is 0 Å². The van der Waals surface area contributed by atoms with Crippen LogP contribution in [0.4, 0.5) is 4.79 Å². The molecule has 0 spiro atoms. The highest BCUT2D eigenvalue weighted by molar-refractivity contribution is 5.76.